The Labute approximate surface area is 504 Å². The van der Waals surface area contributed by atoms with Crippen LogP contribution in [0.4, 0.5) is 0 Å². The average Bonchev–Trinajstić information content (AvgIpc) is 3.45. The van der Waals surface area contributed by atoms with Crippen molar-refractivity contribution < 1.29 is 42.9 Å². The first kappa shape index (κ1) is 77.7. The Morgan fingerprint density at radius 2 is 0.695 bits per heavy atom. The van der Waals surface area contributed by atoms with Crippen molar-refractivity contribution in [2.24, 2.45) is 0 Å². The van der Waals surface area contributed by atoms with Crippen LogP contribution in [0.5, 0.6) is 0 Å². The van der Waals surface area contributed by atoms with Gasteiger partial charge in [0, 0.05) is 12.8 Å². The average molecular weight is 1140 g/mol. The fraction of sp³-hybridized carbons (Fsp3) is 0.685. The van der Waals surface area contributed by atoms with Gasteiger partial charge in [0.2, 0.25) is 0 Å². The van der Waals surface area contributed by atoms with Gasteiger partial charge in [0.1, 0.15) is 13.2 Å². The number of carboxylic acid groups (broad SMARTS) is 1. The van der Waals surface area contributed by atoms with Crippen LogP contribution in [-0.2, 0) is 33.3 Å². The van der Waals surface area contributed by atoms with Crippen LogP contribution in [0.25, 0.3) is 0 Å². The van der Waals surface area contributed by atoms with Gasteiger partial charge in [0.25, 0.3) is 6.29 Å². The lowest BCUT2D eigenvalue weighted by Crippen LogP contribution is -2.40. The molecule has 0 aromatic rings. The molecule has 0 aliphatic heterocycles. The van der Waals surface area contributed by atoms with Crippen molar-refractivity contribution in [2.45, 2.75) is 277 Å². The summed E-state index contributed by atoms with van der Waals surface area (Å²) in [6, 6.07) is 0. The number of carboxylic acids is 1. The molecule has 0 radical (unpaired) electrons. The minimum atomic E-state index is -1.52. The summed E-state index contributed by atoms with van der Waals surface area (Å²) in [7, 11) is 5.97. The molecule has 2 unspecified atom stereocenters. The number of ether oxygens (including phenoxy) is 4. The highest BCUT2D eigenvalue weighted by Gasteiger charge is 2.25. The second-order valence-electron chi connectivity index (χ2n) is 23.1. The zero-order valence-electron chi connectivity index (χ0n) is 53.4. The first-order valence-electron chi connectivity index (χ1n) is 33.2. The van der Waals surface area contributed by atoms with Crippen molar-refractivity contribution >= 4 is 17.9 Å². The standard InChI is InChI=1S/C73H123NO8/c1-6-8-10-12-14-16-18-20-22-24-25-26-27-28-29-30-31-32-33-34-35-36-37-38-39-40-41-42-43-44-45-46-47-48-50-52-54-56-58-60-62-64-71(76)82-69(68-81-73(72(77)78)79-66-65-74(3,4)5)67-80-70(75)63-61-59-57-55-53-51-49-23-21-19-17-15-13-11-9-7-2/h8,10,14,16,20,22,25-26,28-29,31-32,34-35,37-38,40-41,43-44,69,73H,6-7,9,11-13,15,17-19,21,23-24,27,30,33,36,39,42,45-68H2,1-5H3/p+1/b10-8-,16-14-,22-20-,26-25-,29-28-,32-31-,35-34-,38-37-,41-40-,44-43-. The monoisotopic (exact) mass is 1140 g/mol. The van der Waals surface area contributed by atoms with E-state index in [4.69, 9.17) is 18.9 Å². The number of allylic oxidation sites excluding steroid dienone is 20. The Morgan fingerprint density at radius 1 is 0.378 bits per heavy atom. The third-order valence-corrected chi connectivity index (χ3v) is 14.0. The van der Waals surface area contributed by atoms with Crippen LogP contribution < -0.4 is 0 Å². The molecule has 9 heteroatoms. The summed E-state index contributed by atoms with van der Waals surface area (Å²) < 4.78 is 22.9. The molecule has 9 nitrogen and oxygen atoms in total. The zero-order chi connectivity index (χ0) is 59.8. The number of unbranched alkanes of at least 4 members (excludes halogenated alkanes) is 25. The maximum Gasteiger partial charge on any atom is 0.361 e. The molecular weight excluding hydrogens is 1020 g/mol. The van der Waals surface area contributed by atoms with Crippen LogP contribution in [-0.4, -0.2) is 87.4 Å². The minimum absolute atomic E-state index is 0.183. The van der Waals surface area contributed by atoms with Crippen LogP contribution in [0.1, 0.15) is 264 Å². The maximum absolute atomic E-state index is 12.9. The number of nitrogens with zero attached hydrogens (tertiary/aromatic N) is 1. The van der Waals surface area contributed by atoms with Gasteiger partial charge in [-0.3, -0.25) is 9.59 Å². The smallest absolute Gasteiger partial charge is 0.361 e. The summed E-state index contributed by atoms with van der Waals surface area (Å²) in [6.45, 7) is 4.77. The van der Waals surface area contributed by atoms with Gasteiger partial charge in [-0.2, -0.15) is 0 Å². The normalized spacial score (nSPS) is 13.5. The fourth-order valence-electron chi connectivity index (χ4n) is 8.92. The molecule has 2 atom stereocenters. The predicted molar refractivity (Wildman–Crippen MR) is 350 cm³/mol. The second kappa shape index (κ2) is 62.7. The van der Waals surface area contributed by atoms with Crippen LogP contribution in [0, 0.1) is 0 Å². The van der Waals surface area contributed by atoms with Crippen LogP contribution in [0.3, 0.4) is 0 Å². The largest absolute Gasteiger partial charge is 0.477 e. The van der Waals surface area contributed by atoms with Crippen molar-refractivity contribution in [2.75, 3.05) is 47.5 Å². The molecule has 0 aliphatic carbocycles. The lowest BCUT2D eigenvalue weighted by atomic mass is 10.0. The van der Waals surface area contributed by atoms with Gasteiger partial charge in [0.15, 0.2) is 6.10 Å². The minimum Gasteiger partial charge on any atom is -0.477 e. The Bertz CT molecular complexity index is 1760. The Kier molecular flexibility index (Phi) is 59.4. The first-order valence-corrected chi connectivity index (χ1v) is 33.2. The SMILES string of the molecule is CC/C=C\C/C=C\C/C=C\C/C=C\C/C=C\C/C=C\C/C=C\C/C=C\C/C=C\C/C=C\CCCCCCCCCCCCC(=O)OC(COC(=O)CCCCCCCCCCCCCCCCCC)COC(OCC[N+](C)(C)C)C(=O)O. The number of carbonyl (C=O) groups is 3. The molecule has 0 amide bonds. The molecule has 0 heterocycles. The molecule has 82 heavy (non-hydrogen) atoms. The van der Waals surface area contributed by atoms with E-state index in [0.29, 0.717) is 23.9 Å². The van der Waals surface area contributed by atoms with Gasteiger partial charge in [-0.1, -0.05) is 283 Å². The van der Waals surface area contributed by atoms with Crippen molar-refractivity contribution in [3.05, 3.63) is 122 Å². The van der Waals surface area contributed by atoms with Crippen LogP contribution in [0.15, 0.2) is 122 Å². The Hall–Kier alpha value is -4.31. The van der Waals surface area contributed by atoms with E-state index in [1.807, 2.05) is 21.1 Å². The highest BCUT2D eigenvalue weighted by atomic mass is 16.7. The predicted octanol–water partition coefficient (Wildman–Crippen LogP) is 20.4. The van der Waals surface area contributed by atoms with Gasteiger partial charge in [-0.15, -0.1) is 0 Å². The molecule has 0 spiro atoms. The summed E-state index contributed by atoms with van der Waals surface area (Å²) in [5.41, 5.74) is 0. The number of hydrogen-bond acceptors (Lipinski definition) is 7. The van der Waals surface area contributed by atoms with Gasteiger partial charge in [-0.05, 0) is 89.9 Å². The van der Waals surface area contributed by atoms with E-state index in [1.54, 1.807) is 0 Å². The topological polar surface area (TPSA) is 108 Å². The molecule has 0 saturated carbocycles. The fourth-order valence-corrected chi connectivity index (χ4v) is 8.92. The number of aliphatic carboxylic acids is 1. The first-order chi connectivity index (χ1) is 40.1. The lowest BCUT2D eigenvalue weighted by molar-refractivity contribution is -0.870. The van der Waals surface area contributed by atoms with Crippen molar-refractivity contribution in [3.8, 4) is 0 Å². The summed E-state index contributed by atoms with van der Waals surface area (Å²) in [5.74, 6) is -2.01. The lowest BCUT2D eigenvalue weighted by Gasteiger charge is -2.25. The number of likely N-dealkylation sites (N-methyl/N-ethyl adjacent to an activating group) is 1. The van der Waals surface area contributed by atoms with Gasteiger partial charge in [-0.25, -0.2) is 4.79 Å². The molecular formula is C73H124NO8+. The van der Waals surface area contributed by atoms with E-state index in [1.165, 1.54) is 122 Å². The van der Waals surface area contributed by atoms with Crippen molar-refractivity contribution in [1.82, 2.24) is 0 Å². The number of hydrogen-bond donors (Lipinski definition) is 1. The second-order valence-corrected chi connectivity index (χ2v) is 23.1. The van der Waals surface area contributed by atoms with E-state index in [2.05, 4.69) is 135 Å². The number of quaternary nitrogens is 1. The van der Waals surface area contributed by atoms with Crippen LogP contribution >= 0.6 is 0 Å². The third-order valence-electron chi connectivity index (χ3n) is 14.0. The number of rotatable bonds is 60. The highest BCUT2D eigenvalue weighted by Crippen LogP contribution is 2.16. The van der Waals surface area contributed by atoms with Gasteiger partial charge >= 0.3 is 17.9 Å². The number of esters is 2. The van der Waals surface area contributed by atoms with Crippen molar-refractivity contribution in [1.29, 1.82) is 0 Å². The zero-order valence-corrected chi connectivity index (χ0v) is 53.4. The Balaban J connectivity index is 4.12. The van der Waals surface area contributed by atoms with E-state index in [9.17, 15) is 19.5 Å². The third kappa shape index (κ3) is 63.3. The summed E-state index contributed by atoms with van der Waals surface area (Å²) in [5, 5.41) is 9.72. The van der Waals surface area contributed by atoms with E-state index < -0.39 is 24.3 Å². The van der Waals surface area contributed by atoms with Crippen molar-refractivity contribution in [3.63, 3.8) is 0 Å². The Morgan fingerprint density at radius 3 is 1.04 bits per heavy atom. The molecule has 0 bridgehead atoms. The van der Waals surface area contributed by atoms with E-state index in [-0.39, 0.29) is 32.2 Å². The van der Waals surface area contributed by atoms with Crippen LogP contribution in [0.2, 0.25) is 0 Å². The molecule has 0 aliphatic rings. The highest BCUT2D eigenvalue weighted by molar-refractivity contribution is 5.71. The molecule has 0 fully saturated rings. The summed E-state index contributed by atoms with van der Waals surface area (Å²) in [6.07, 6.45) is 85.8. The quantitative estimate of drug-likeness (QED) is 0.0211. The maximum atomic E-state index is 12.9. The van der Waals surface area contributed by atoms with Gasteiger partial charge in [0.05, 0.1) is 34.4 Å². The van der Waals surface area contributed by atoms with E-state index in [0.717, 1.165) is 109 Å². The molecule has 0 saturated heterocycles. The molecule has 1 N–H and O–H groups in total. The number of carbonyl (C=O) groups excluding carboxylic acids is 2. The molecule has 0 aromatic carbocycles. The van der Waals surface area contributed by atoms with E-state index >= 15 is 0 Å². The molecule has 0 rings (SSSR count). The van der Waals surface area contributed by atoms with Gasteiger partial charge < -0.3 is 28.5 Å². The summed E-state index contributed by atoms with van der Waals surface area (Å²) in [4.78, 5) is 37.5. The molecule has 468 valence electrons. The summed E-state index contributed by atoms with van der Waals surface area (Å²) >= 11 is 0. The molecule has 0 aromatic heterocycles.